The molecule has 0 unspecified atom stereocenters. The van der Waals surface area contributed by atoms with Crippen LogP contribution in [-0.2, 0) is 12.4 Å². The van der Waals surface area contributed by atoms with Gasteiger partial charge in [0, 0.05) is 38.4 Å². The van der Waals surface area contributed by atoms with E-state index in [0.717, 1.165) is 0 Å². The Morgan fingerprint density at radius 1 is 0.371 bits per heavy atom. The molecule has 0 bridgehead atoms. The molecular formula is C49H21F6N7. The lowest BCUT2D eigenvalue weighted by atomic mass is 9.86. The zero-order valence-corrected chi connectivity index (χ0v) is 31.5. The molecule has 0 saturated heterocycles. The van der Waals surface area contributed by atoms with E-state index in [1.807, 2.05) is 0 Å². The summed E-state index contributed by atoms with van der Waals surface area (Å²) >= 11 is 0. The molecule has 0 aliphatic rings. The fourth-order valence-electron chi connectivity index (χ4n) is 8.31. The summed E-state index contributed by atoms with van der Waals surface area (Å²) in [5.74, 6) is 0. The van der Waals surface area contributed by atoms with Crippen LogP contribution in [0.4, 0.5) is 26.3 Å². The van der Waals surface area contributed by atoms with Gasteiger partial charge in [0.05, 0.1) is 97.0 Å². The van der Waals surface area contributed by atoms with Gasteiger partial charge in [-0.15, -0.1) is 0 Å². The van der Waals surface area contributed by atoms with E-state index in [-0.39, 0.29) is 22.4 Å². The predicted octanol–water partition coefficient (Wildman–Crippen LogP) is 12.6. The highest BCUT2D eigenvalue weighted by Gasteiger charge is 2.42. The summed E-state index contributed by atoms with van der Waals surface area (Å²) < 4.78 is 93.4. The first-order chi connectivity index (χ1) is 29.8. The number of hydrogen-bond donors (Lipinski definition) is 0. The van der Waals surface area contributed by atoms with Gasteiger partial charge < -0.3 is 9.13 Å². The molecule has 0 atom stereocenters. The van der Waals surface area contributed by atoms with Crippen molar-refractivity contribution >= 4 is 43.6 Å². The van der Waals surface area contributed by atoms with Gasteiger partial charge in [-0.2, -0.15) is 52.7 Å². The Morgan fingerprint density at radius 3 is 1.16 bits per heavy atom. The fourth-order valence-corrected chi connectivity index (χ4v) is 8.31. The first-order valence-electron chi connectivity index (χ1n) is 18.5. The third-order valence-corrected chi connectivity index (χ3v) is 10.9. The van der Waals surface area contributed by atoms with Crippen molar-refractivity contribution in [1.82, 2.24) is 9.13 Å². The molecule has 2 heterocycles. The third-order valence-electron chi connectivity index (χ3n) is 10.9. The minimum Gasteiger partial charge on any atom is -0.309 e. The van der Waals surface area contributed by atoms with Crippen LogP contribution < -0.4 is 0 Å². The first-order valence-corrected chi connectivity index (χ1v) is 18.5. The number of benzene rings is 7. The van der Waals surface area contributed by atoms with E-state index in [1.54, 1.807) is 88.0 Å². The molecule has 9 rings (SSSR count). The van der Waals surface area contributed by atoms with Crippen molar-refractivity contribution in [2.24, 2.45) is 0 Å². The Kier molecular flexibility index (Phi) is 8.84. The zero-order valence-electron chi connectivity index (χ0n) is 31.5. The summed E-state index contributed by atoms with van der Waals surface area (Å²) in [4.78, 5) is 0. The standard InChI is InChI=1S/C49H21F6N7/c50-48(51,52)40-2-1-3-41(49(53,54)55)47(40)33-10-9-32(61-42-11-4-28(23-57)17-36(42)37-18-29(24-58)5-12-43(37)61)21-34(33)35-16-27(22-56)6-13-44(35)62-45-14-7-30(25-59)19-38(45)39-20-31(26-60)8-15-46(39)62/h1-21H. The maximum absolute atomic E-state index is 15.0. The molecule has 7 nitrogen and oxygen atoms in total. The maximum Gasteiger partial charge on any atom is 0.417 e. The van der Waals surface area contributed by atoms with Crippen LogP contribution in [0.2, 0.25) is 0 Å². The molecule has 0 saturated carbocycles. The average Bonchev–Trinajstić information content (AvgIpc) is 3.78. The van der Waals surface area contributed by atoms with Crippen LogP contribution in [0.15, 0.2) is 127 Å². The molecule has 0 spiro atoms. The van der Waals surface area contributed by atoms with Crippen molar-refractivity contribution in [3.63, 3.8) is 0 Å². The minimum atomic E-state index is -5.24. The van der Waals surface area contributed by atoms with E-state index in [0.29, 0.717) is 89.8 Å². The molecule has 0 amide bonds. The Morgan fingerprint density at radius 2 is 0.758 bits per heavy atom. The van der Waals surface area contributed by atoms with E-state index >= 15 is 0 Å². The Hall–Kier alpha value is -8.83. The van der Waals surface area contributed by atoms with Crippen LogP contribution in [0.3, 0.4) is 0 Å². The van der Waals surface area contributed by atoms with E-state index in [2.05, 4.69) is 30.3 Å². The number of alkyl halides is 6. The molecule has 0 radical (unpaired) electrons. The van der Waals surface area contributed by atoms with Gasteiger partial charge in [0.15, 0.2) is 0 Å². The highest BCUT2D eigenvalue weighted by Crippen LogP contribution is 2.49. The van der Waals surface area contributed by atoms with Gasteiger partial charge in [0.1, 0.15) is 0 Å². The van der Waals surface area contributed by atoms with E-state index in [1.165, 1.54) is 30.3 Å². The van der Waals surface area contributed by atoms with Crippen molar-refractivity contribution in [3.05, 3.63) is 166 Å². The van der Waals surface area contributed by atoms with Crippen LogP contribution in [0.5, 0.6) is 0 Å². The molecule has 0 fully saturated rings. The van der Waals surface area contributed by atoms with Gasteiger partial charge in [-0.1, -0.05) is 12.1 Å². The van der Waals surface area contributed by atoms with Crippen LogP contribution in [0.1, 0.15) is 38.9 Å². The monoisotopic (exact) mass is 821 g/mol. The van der Waals surface area contributed by atoms with E-state index in [9.17, 15) is 52.7 Å². The van der Waals surface area contributed by atoms with Crippen molar-refractivity contribution in [1.29, 1.82) is 26.3 Å². The molecule has 0 aliphatic heterocycles. The first kappa shape index (κ1) is 38.7. The number of rotatable bonds is 4. The molecule has 62 heavy (non-hydrogen) atoms. The summed E-state index contributed by atoms with van der Waals surface area (Å²) in [7, 11) is 0. The van der Waals surface area contributed by atoms with Gasteiger partial charge in [-0.25, -0.2) is 0 Å². The molecule has 13 heteroatoms. The summed E-state index contributed by atoms with van der Waals surface area (Å²) in [6, 6.07) is 40.3. The number of nitriles is 5. The Balaban J connectivity index is 1.46. The lowest BCUT2D eigenvalue weighted by Gasteiger charge is -2.23. The molecule has 7 aromatic carbocycles. The number of nitrogens with zero attached hydrogens (tertiary/aromatic N) is 7. The molecule has 294 valence electrons. The molecular weight excluding hydrogens is 801 g/mol. The lowest BCUT2D eigenvalue weighted by Crippen LogP contribution is -2.14. The van der Waals surface area contributed by atoms with E-state index in [4.69, 9.17) is 0 Å². The predicted molar refractivity (Wildman–Crippen MR) is 220 cm³/mol. The molecule has 0 aliphatic carbocycles. The topological polar surface area (TPSA) is 129 Å². The average molecular weight is 822 g/mol. The normalized spacial score (nSPS) is 11.6. The highest BCUT2D eigenvalue weighted by atomic mass is 19.4. The fraction of sp³-hybridized carbons (Fsp3) is 0.0408. The Labute approximate surface area is 347 Å². The van der Waals surface area contributed by atoms with Gasteiger partial charge in [0.2, 0.25) is 0 Å². The van der Waals surface area contributed by atoms with Crippen molar-refractivity contribution in [2.75, 3.05) is 0 Å². The largest absolute Gasteiger partial charge is 0.417 e. The summed E-state index contributed by atoms with van der Waals surface area (Å²) in [5, 5.41) is 51.6. The van der Waals surface area contributed by atoms with E-state index < -0.39 is 34.6 Å². The number of halogens is 6. The molecule has 2 aromatic heterocycles. The smallest absolute Gasteiger partial charge is 0.309 e. The van der Waals surface area contributed by atoms with Gasteiger partial charge in [0.25, 0.3) is 0 Å². The molecule has 9 aromatic rings. The van der Waals surface area contributed by atoms with Gasteiger partial charge in [-0.05, 0) is 126 Å². The third kappa shape index (κ3) is 6.11. The second kappa shape index (κ2) is 14.2. The second-order valence-electron chi connectivity index (χ2n) is 14.3. The zero-order chi connectivity index (χ0) is 43.7. The second-order valence-corrected chi connectivity index (χ2v) is 14.3. The highest BCUT2D eigenvalue weighted by molar-refractivity contribution is 6.12. The maximum atomic E-state index is 15.0. The summed E-state index contributed by atoms with van der Waals surface area (Å²) in [6.07, 6.45) is -10.5. The van der Waals surface area contributed by atoms with Crippen molar-refractivity contribution in [3.8, 4) is 64.0 Å². The van der Waals surface area contributed by atoms with Crippen LogP contribution in [-0.4, -0.2) is 9.13 Å². The van der Waals surface area contributed by atoms with Gasteiger partial charge in [-0.3, -0.25) is 0 Å². The molecule has 0 N–H and O–H groups in total. The SMILES string of the molecule is N#Cc1ccc(-n2c3ccc(C#N)cc3c3cc(C#N)ccc32)c(-c2cc(-n3c4ccc(C#N)cc4c4cc(C#N)ccc43)ccc2-c2c(C(F)(F)F)cccc2C(F)(F)F)c1. The number of hydrogen-bond acceptors (Lipinski definition) is 5. The minimum absolute atomic E-state index is 0.0458. The lowest BCUT2D eigenvalue weighted by molar-refractivity contribution is -0.142. The van der Waals surface area contributed by atoms with Crippen LogP contribution >= 0.6 is 0 Å². The number of fused-ring (bicyclic) bond motifs is 6. The van der Waals surface area contributed by atoms with Crippen LogP contribution in [0, 0.1) is 56.7 Å². The van der Waals surface area contributed by atoms with Crippen molar-refractivity contribution < 1.29 is 26.3 Å². The van der Waals surface area contributed by atoms with Gasteiger partial charge >= 0.3 is 12.4 Å². The number of aromatic nitrogens is 2. The quantitative estimate of drug-likeness (QED) is 0.163. The summed E-state index contributed by atoms with van der Waals surface area (Å²) in [5.41, 5.74) is -0.802. The summed E-state index contributed by atoms with van der Waals surface area (Å²) in [6.45, 7) is 0. The Bertz CT molecular complexity index is 3450. The van der Waals surface area contributed by atoms with Crippen LogP contribution in [0.25, 0.3) is 77.2 Å². The van der Waals surface area contributed by atoms with Crippen molar-refractivity contribution in [2.45, 2.75) is 12.4 Å².